The van der Waals surface area contributed by atoms with E-state index in [2.05, 4.69) is 21.3 Å². The van der Waals surface area contributed by atoms with Gasteiger partial charge in [0.1, 0.15) is 18.1 Å². The molecule has 182 valence electrons. The van der Waals surface area contributed by atoms with Crippen molar-refractivity contribution in [3.63, 3.8) is 0 Å². The van der Waals surface area contributed by atoms with E-state index < -0.39 is 48.2 Å². The molecule has 1 fully saturated rings. The highest BCUT2D eigenvalue weighted by Crippen LogP contribution is 2.12. The van der Waals surface area contributed by atoms with Crippen molar-refractivity contribution in [2.24, 2.45) is 17.6 Å². The monoisotopic (exact) mass is 455 g/mol. The number of carbonyl (C=O) groups is 5. The van der Waals surface area contributed by atoms with Crippen LogP contribution in [0.15, 0.2) is 0 Å². The maximum atomic E-state index is 13.0. The van der Waals surface area contributed by atoms with E-state index in [4.69, 9.17) is 5.73 Å². The predicted molar refractivity (Wildman–Crippen MR) is 117 cm³/mol. The van der Waals surface area contributed by atoms with Crippen LogP contribution in [-0.2, 0) is 24.0 Å². The molecule has 0 spiro atoms. The molecule has 0 bridgehead atoms. The molecule has 0 aliphatic carbocycles. The van der Waals surface area contributed by atoms with E-state index in [1.807, 2.05) is 6.92 Å². The second kappa shape index (κ2) is 13.0. The maximum Gasteiger partial charge on any atom is 0.326 e. The van der Waals surface area contributed by atoms with Crippen molar-refractivity contribution in [3.05, 3.63) is 0 Å². The minimum Gasteiger partial charge on any atom is -0.480 e. The van der Waals surface area contributed by atoms with Crippen LogP contribution in [0.2, 0.25) is 0 Å². The van der Waals surface area contributed by atoms with Crippen LogP contribution in [0, 0.1) is 11.8 Å². The standard InChI is InChI=1S/C21H37N5O6/c1-5-11(3)16(25-18(28)13-8-7-9-23-13)20(30)24-14(10-15(22)27)19(29)26-17(21(31)32)12(4)6-2/h11-14,16-17,23H,5-10H2,1-4H3,(H2,22,27)(H,24,30)(H,25,28)(H,26,29)(H,31,32). The van der Waals surface area contributed by atoms with Gasteiger partial charge in [0.2, 0.25) is 23.6 Å². The largest absolute Gasteiger partial charge is 0.480 e. The number of aliphatic carboxylic acids is 1. The van der Waals surface area contributed by atoms with E-state index >= 15 is 0 Å². The lowest BCUT2D eigenvalue weighted by Crippen LogP contribution is -2.59. The number of nitrogens with two attached hydrogens (primary N) is 1. The van der Waals surface area contributed by atoms with Gasteiger partial charge in [-0.05, 0) is 31.2 Å². The van der Waals surface area contributed by atoms with Gasteiger partial charge < -0.3 is 32.1 Å². The Kier molecular flexibility index (Phi) is 11.1. The van der Waals surface area contributed by atoms with Crippen molar-refractivity contribution < 1.29 is 29.1 Å². The first-order valence-corrected chi connectivity index (χ1v) is 11.2. The molecule has 1 aliphatic rings. The summed E-state index contributed by atoms with van der Waals surface area (Å²) in [6, 6.07) is -3.86. The van der Waals surface area contributed by atoms with Crippen molar-refractivity contribution in [1.82, 2.24) is 21.3 Å². The Hall–Kier alpha value is -2.69. The van der Waals surface area contributed by atoms with Crippen LogP contribution in [0.4, 0.5) is 0 Å². The van der Waals surface area contributed by atoms with Gasteiger partial charge in [-0.25, -0.2) is 4.79 Å². The molecule has 32 heavy (non-hydrogen) atoms. The Labute approximate surface area is 188 Å². The number of carboxylic acids is 1. The van der Waals surface area contributed by atoms with Crippen LogP contribution in [0.3, 0.4) is 0 Å². The smallest absolute Gasteiger partial charge is 0.326 e. The quantitative estimate of drug-likeness (QED) is 0.211. The first-order chi connectivity index (χ1) is 15.0. The van der Waals surface area contributed by atoms with Crippen LogP contribution in [0.25, 0.3) is 0 Å². The van der Waals surface area contributed by atoms with Crippen molar-refractivity contribution in [2.45, 2.75) is 84.0 Å². The SMILES string of the molecule is CCC(C)C(NC(=O)C(CC(N)=O)NC(=O)C(NC(=O)C1CCCN1)C(C)CC)C(=O)O. The number of hydrogen-bond acceptors (Lipinski definition) is 6. The summed E-state index contributed by atoms with van der Waals surface area (Å²) in [7, 11) is 0. The normalized spacial score (nSPS) is 20.3. The molecule has 0 saturated carbocycles. The second-order valence-corrected chi connectivity index (χ2v) is 8.46. The van der Waals surface area contributed by atoms with E-state index in [1.165, 1.54) is 0 Å². The molecule has 11 heteroatoms. The summed E-state index contributed by atoms with van der Waals surface area (Å²) in [6.07, 6.45) is 2.11. The fraction of sp³-hybridized carbons (Fsp3) is 0.762. The van der Waals surface area contributed by atoms with E-state index in [1.54, 1.807) is 20.8 Å². The second-order valence-electron chi connectivity index (χ2n) is 8.46. The van der Waals surface area contributed by atoms with Crippen LogP contribution in [0.1, 0.15) is 59.8 Å². The summed E-state index contributed by atoms with van der Waals surface area (Å²) >= 11 is 0. The molecule has 4 amide bonds. The highest BCUT2D eigenvalue weighted by molar-refractivity contribution is 5.96. The van der Waals surface area contributed by atoms with Crippen molar-refractivity contribution in [2.75, 3.05) is 6.54 Å². The highest BCUT2D eigenvalue weighted by Gasteiger charge is 2.34. The zero-order valence-electron chi connectivity index (χ0n) is 19.3. The molecular formula is C21H37N5O6. The maximum absolute atomic E-state index is 13.0. The molecule has 6 atom stereocenters. The number of hydrogen-bond donors (Lipinski definition) is 6. The van der Waals surface area contributed by atoms with Gasteiger partial charge in [-0.15, -0.1) is 0 Å². The molecule has 11 nitrogen and oxygen atoms in total. The lowest BCUT2D eigenvalue weighted by Gasteiger charge is -2.28. The minimum absolute atomic E-state index is 0.246. The summed E-state index contributed by atoms with van der Waals surface area (Å²) < 4.78 is 0. The number of amides is 4. The first-order valence-electron chi connectivity index (χ1n) is 11.2. The minimum atomic E-state index is -1.36. The summed E-state index contributed by atoms with van der Waals surface area (Å²) in [5, 5.41) is 20.1. The van der Waals surface area contributed by atoms with Crippen molar-refractivity contribution >= 4 is 29.6 Å². The summed E-state index contributed by atoms with van der Waals surface area (Å²) in [5.41, 5.74) is 5.24. The van der Waals surface area contributed by atoms with Crippen LogP contribution >= 0.6 is 0 Å². The zero-order valence-corrected chi connectivity index (χ0v) is 19.3. The van der Waals surface area contributed by atoms with Gasteiger partial charge in [0.15, 0.2) is 0 Å². The predicted octanol–water partition coefficient (Wildman–Crippen LogP) is -0.755. The molecule has 1 aliphatic heterocycles. The van der Waals surface area contributed by atoms with Crippen molar-refractivity contribution in [1.29, 1.82) is 0 Å². The molecule has 0 radical (unpaired) electrons. The fourth-order valence-corrected chi connectivity index (χ4v) is 3.47. The van der Waals surface area contributed by atoms with Gasteiger partial charge in [-0.1, -0.05) is 40.5 Å². The van der Waals surface area contributed by atoms with E-state index in [-0.39, 0.29) is 23.8 Å². The molecule has 1 heterocycles. The van der Waals surface area contributed by atoms with Gasteiger partial charge >= 0.3 is 5.97 Å². The topological polar surface area (TPSA) is 180 Å². The summed E-state index contributed by atoms with van der Waals surface area (Å²) in [4.78, 5) is 61.3. The number of carboxylic acid groups (broad SMARTS) is 1. The van der Waals surface area contributed by atoms with Crippen LogP contribution in [0.5, 0.6) is 0 Å². The third-order valence-corrected chi connectivity index (χ3v) is 5.99. The lowest BCUT2D eigenvalue weighted by molar-refractivity contribution is -0.144. The Morgan fingerprint density at radius 3 is 2.03 bits per heavy atom. The lowest BCUT2D eigenvalue weighted by atomic mass is 9.96. The average Bonchev–Trinajstić information content (AvgIpc) is 3.28. The summed E-state index contributed by atoms with van der Waals surface area (Å²) in [6.45, 7) is 7.83. The Morgan fingerprint density at radius 2 is 1.56 bits per heavy atom. The number of nitrogens with one attached hydrogen (secondary N) is 4. The molecule has 7 N–H and O–H groups in total. The Morgan fingerprint density at radius 1 is 0.969 bits per heavy atom. The van der Waals surface area contributed by atoms with Gasteiger partial charge in [0.05, 0.1) is 12.5 Å². The molecule has 1 rings (SSSR count). The van der Waals surface area contributed by atoms with Crippen LogP contribution < -0.4 is 27.0 Å². The average molecular weight is 456 g/mol. The Bertz CT molecular complexity index is 694. The molecule has 1 saturated heterocycles. The zero-order chi connectivity index (χ0) is 24.4. The first kappa shape index (κ1) is 27.3. The molecule has 6 unspecified atom stereocenters. The third-order valence-electron chi connectivity index (χ3n) is 5.99. The van der Waals surface area contributed by atoms with E-state index in [0.717, 1.165) is 13.0 Å². The van der Waals surface area contributed by atoms with Gasteiger partial charge in [-0.3, -0.25) is 19.2 Å². The number of carbonyl (C=O) groups excluding carboxylic acids is 4. The van der Waals surface area contributed by atoms with Gasteiger partial charge in [-0.2, -0.15) is 0 Å². The number of primary amides is 1. The van der Waals surface area contributed by atoms with E-state index in [9.17, 15) is 29.1 Å². The molecular weight excluding hydrogens is 418 g/mol. The third kappa shape index (κ3) is 8.10. The molecule has 0 aromatic heterocycles. The fourth-order valence-electron chi connectivity index (χ4n) is 3.47. The van der Waals surface area contributed by atoms with Gasteiger partial charge in [0.25, 0.3) is 0 Å². The van der Waals surface area contributed by atoms with E-state index in [0.29, 0.717) is 19.3 Å². The van der Waals surface area contributed by atoms with Crippen molar-refractivity contribution in [3.8, 4) is 0 Å². The Balaban J connectivity index is 2.98. The molecule has 0 aromatic rings. The summed E-state index contributed by atoms with van der Waals surface area (Å²) in [5.74, 6) is -4.43. The number of rotatable bonds is 13. The van der Waals surface area contributed by atoms with Crippen LogP contribution in [-0.4, -0.2) is 65.4 Å². The molecule has 0 aromatic carbocycles. The highest BCUT2D eigenvalue weighted by atomic mass is 16.4. The van der Waals surface area contributed by atoms with Gasteiger partial charge in [0, 0.05) is 0 Å².